The van der Waals surface area contributed by atoms with Crippen molar-refractivity contribution in [1.82, 2.24) is 10.2 Å². The van der Waals surface area contributed by atoms with Crippen LogP contribution in [0.15, 0.2) is 40.9 Å². The lowest BCUT2D eigenvalue weighted by atomic mass is 9.95. The predicted molar refractivity (Wildman–Crippen MR) is 141 cm³/mol. The van der Waals surface area contributed by atoms with Crippen molar-refractivity contribution in [1.29, 1.82) is 0 Å². The maximum absolute atomic E-state index is 13.4. The van der Waals surface area contributed by atoms with Gasteiger partial charge >= 0.3 is 0 Å². The number of hydrogen-bond donors (Lipinski definition) is 1. The Labute approximate surface area is 224 Å². The summed E-state index contributed by atoms with van der Waals surface area (Å²) < 4.78 is 6.41. The quantitative estimate of drug-likeness (QED) is 0.341. The van der Waals surface area contributed by atoms with Gasteiger partial charge in [-0.1, -0.05) is 67.1 Å². The molecule has 9 heteroatoms. The Hall–Kier alpha value is -1.47. The normalized spacial score (nSPS) is 15.0. The van der Waals surface area contributed by atoms with Crippen LogP contribution in [-0.2, 0) is 16.1 Å². The topological polar surface area (TPSA) is 58.6 Å². The summed E-state index contributed by atoms with van der Waals surface area (Å²) in [5.41, 5.74) is 0.777. The lowest BCUT2D eigenvalue weighted by Gasteiger charge is -2.32. The van der Waals surface area contributed by atoms with Crippen molar-refractivity contribution >= 4 is 62.5 Å². The Bertz CT molecular complexity index is 1010. The molecule has 0 unspecified atom stereocenters. The second-order valence-electron chi connectivity index (χ2n) is 8.40. The fourth-order valence-electron chi connectivity index (χ4n) is 4.11. The van der Waals surface area contributed by atoms with Gasteiger partial charge in [0.15, 0.2) is 6.61 Å². The molecule has 0 aromatic heterocycles. The van der Waals surface area contributed by atoms with Crippen LogP contribution in [0.4, 0.5) is 0 Å². The van der Waals surface area contributed by atoms with Crippen LogP contribution in [0.3, 0.4) is 0 Å². The second kappa shape index (κ2) is 13.0. The number of benzene rings is 2. The number of hydrogen-bond acceptors (Lipinski definition) is 3. The van der Waals surface area contributed by atoms with Crippen LogP contribution in [0.2, 0.25) is 15.1 Å². The van der Waals surface area contributed by atoms with Gasteiger partial charge in [0.2, 0.25) is 5.91 Å². The van der Waals surface area contributed by atoms with Crippen LogP contribution in [0, 0.1) is 0 Å². The summed E-state index contributed by atoms with van der Waals surface area (Å²) in [6.07, 6.45) is 5.82. The number of ether oxygens (including phenoxy) is 1. The van der Waals surface area contributed by atoms with Gasteiger partial charge in [0.25, 0.3) is 5.91 Å². The molecule has 1 aliphatic carbocycles. The van der Waals surface area contributed by atoms with Crippen LogP contribution in [-0.4, -0.2) is 35.4 Å². The summed E-state index contributed by atoms with van der Waals surface area (Å²) in [6.45, 7) is 1.88. The first-order chi connectivity index (χ1) is 16.3. The molecule has 2 aromatic carbocycles. The van der Waals surface area contributed by atoms with Gasteiger partial charge in [0.1, 0.15) is 11.8 Å². The van der Waals surface area contributed by atoms with Crippen LogP contribution < -0.4 is 10.1 Å². The van der Waals surface area contributed by atoms with Gasteiger partial charge < -0.3 is 15.0 Å². The molecule has 5 nitrogen and oxygen atoms in total. The van der Waals surface area contributed by atoms with E-state index >= 15 is 0 Å². The highest BCUT2D eigenvalue weighted by Crippen LogP contribution is 2.28. The van der Waals surface area contributed by atoms with Crippen LogP contribution in [0.25, 0.3) is 0 Å². The molecule has 3 rings (SSSR count). The molecule has 184 valence electrons. The molecular weight excluding hydrogens is 563 g/mol. The molecule has 1 N–H and O–H groups in total. The van der Waals surface area contributed by atoms with Crippen LogP contribution >= 0.6 is 50.7 Å². The maximum atomic E-state index is 13.4. The van der Waals surface area contributed by atoms with Crippen molar-refractivity contribution in [2.24, 2.45) is 0 Å². The van der Waals surface area contributed by atoms with E-state index in [1.54, 1.807) is 41.3 Å². The van der Waals surface area contributed by atoms with Crippen molar-refractivity contribution in [2.75, 3.05) is 6.61 Å². The Morgan fingerprint density at radius 2 is 1.82 bits per heavy atom. The molecule has 0 heterocycles. The zero-order valence-corrected chi connectivity index (χ0v) is 22.8. The number of nitrogens with one attached hydrogen (secondary N) is 1. The molecule has 1 aliphatic rings. The van der Waals surface area contributed by atoms with Gasteiger partial charge in [-0.2, -0.15) is 0 Å². The molecule has 34 heavy (non-hydrogen) atoms. The Balaban J connectivity index is 1.79. The number of carbonyl (C=O) groups is 2. The zero-order chi connectivity index (χ0) is 24.7. The first-order valence-corrected chi connectivity index (χ1v) is 13.3. The molecule has 2 aromatic rings. The van der Waals surface area contributed by atoms with Gasteiger partial charge in [-0.3, -0.25) is 9.59 Å². The molecule has 0 radical (unpaired) electrons. The number of amides is 2. The smallest absolute Gasteiger partial charge is 0.261 e. The highest BCUT2D eigenvalue weighted by molar-refractivity contribution is 9.10. The summed E-state index contributed by atoms with van der Waals surface area (Å²) >= 11 is 21.7. The molecule has 1 fully saturated rings. The summed E-state index contributed by atoms with van der Waals surface area (Å²) in [5, 5.41) is 4.54. The molecular formula is C25H28BrCl3N2O3. The fourth-order valence-corrected chi connectivity index (χ4v) is 5.23. The average molecular weight is 591 g/mol. The molecule has 0 bridgehead atoms. The van der Waals surface area contributed by atoms with Gasteiger partial charge in [-0.15, -0.1) is 0 Å². The monoisotopic (exact) mass is 588 g/mol. The second-order valence-corrected chi connectivity index (χ2v) is 10.5. The Morgan fingerprint density at radius 1 is 1.09 bits per heavy atom. The summed E-state index contributed by atoms with van der Waals surface area (Å²) in [5.74, 6) is 0.0426. The summed E-state index contributed by atoms with van der Waals surface area (Å²) in [7, 11) is 0. The van der Waals surface area contributed by atoms with Crippen molar-refractivity contribution in [3.05, 3.63) is 61.5 Å². The van der Waals surface area contributed by atoms with E-state index in [9.17, 15) is 9.59 Å². The van der Waals surface area contributed by atoms with E-state index in [1.165, 1.54) is 6.42 Å². The van der Waals surface area contributed by atoms with E-state index in [2.05, 4.69) is 21.2 Å². The molecule has 2 amide bonds. The molecule has 1 atom stereocenters. The average Bonchev–Trinajstić information content (AvgIpc) is 2.81. The number of halogens is 4. The molecule has 0 aliphatic heterocycles. The van der Waals surface area contributed by atoms with E-state index in [1.807, 2.05) is 6.92 Å². The molecule has 0 spiro atoms. The number of nitrogens with zero attached hydrogens (tertiary/aromatic N) is 1. The van der Waals surface area contributed by atoms with Crippen molar-refractivity contribution in [2.45, 2.75) is 64.1 Å². The minimum absolute atomic E-state index is 0.143. The highest BCUT2D eigenvalue weighted by atomic mass is 79.9. The van der Waals surface area contributed by atoms with Gasteiger partial charge in [-0.05, 0) is 71.1 Å². The minimum atomic E-state index is -0.638. The first-order valence-electron chi connectivity index (χ1n) is 11.4. The van der Waals surface area contributed by atoms with E-state index in [0.29, 0.717) is 31.7 Å². The maximum Gasteiger partial charge on any atom is 0.261 e. The number of carbonyl (C=O) groups excluding carboxylic acids is 2. The third-order valence-corrected chi connectivity index (χ3v) is 7.51. The van der Waals surface area contributed by atoms with E-state index in [0.717, 1.165) is 31.2 Å². The summed E-state index contributed by atoms with van der Waals surface area (Å²) in [6, 6.07) is 9.79. The van der Waals surface area contributed by atoms with Crippen LogP contribution in [0.5, 0.6) is 5.75 Å². The van der Waals surface area contributed by atoms with E-state index in [4.69, 9.17) is 39.5 Å². The van der Waals surface area contributed by atoms with Crippen molar-refractivity contribution < 1.29 is 14.3 Å². The van der Waals surface area contributed by atoms with E-state index in [-0.39, 0.29) is 31.0 Å². The first kappa shape index (κ1) is 27.1. The van der Waals surface area contributed by atoms with Gasteiger partial charge in [0.05, 0.1) is 14.5 Å². The lowest BCUT2D eigenvalue weighted by molar-refractivity contribution is -0.143. The number of rotatable bonds is 9. The lowest BCUT2D eigenvalue weighted by Crippen LogP contribution is -2.52. The Morgan fingerprint density at radius 3 is 2.47 bits per heavy atom. The third-order valence-electron chi connectivity index (χ3n) is 5.92. The fraction of sp³-hybridized carbons (Fsp3) is 0.440. The SMILES string of the molecule is CC[C@H](C(=O)NC1CCCCC1)N(Cc1ccc(Cl)c(Cl)c1)C(=O)COc1ccc(Cl)cc1Br. The molecule has 1 saturated carbocycles. The zero-order valence-electron chi connectivity index (χ0n) is 19.0. The molecule has 0 saturated heterocycles. The third kappa shape index (κ3) is 7.51. The predicted octanol–water partition coefficient (Wildman–Crippen LogP) is 7.04. The highest BCUT2D eigenvalue weighted by Gasteiger charge is 2.30. The van der Waals surface area contributed by atoms with Crippen LogP contribution in [0.1, 0.15) is 51.0 Å². The minimum Gasteiger partial charge on any atom is -0.483 e. The Kier molecular flexibility index (Phi) is 10.4. The summed E-state index contributed by atoms with van der Waals surface area (Å²) in [4.78, 5) is 28.2. The van der Waals surface area contributed by atoms with Crippen molar-refractivity contribution in [3.8, 4) is 5.75 Å². The van der Waals surface area contributed by atoms with Gasteiger partial charge in [-0.25, -0.2) is 0 Å². The van der Waals surface area contributed by atoms with E-state index < -0.39 is 6.04 Å². The van der Waals surface area contributed by atoms with Crippen molar-refractivity contribution in [3.63, 3.8) is 0 Å². The standard InChI is InChI=1S/C25H28BrCl3N2O3/c1-2-22(25(33)30-18-6-4-3-5-7-18)31(14-16-8-10-20(28)21(29)12-16)24(32)15-34-23-11-9-17(27)13-19(23)26/h8-13,18,22H,2-7,14-15H2,1H3,(H,30,33)/t22-/m1/s1. The largest absolute Gasteiger partial charge is 0.483 e. The van der Waals surface area contributed by atoms with Gasteiger partial charge in [0, 0.05) is 17.6 Å².